The summed E-state index contributed by atoms with van der Waals surface area (Å²) in [6, 6.07) is 3.78. The van der Waals surface area contributed by atoms with E-state index in [4.69, 9.17) is 16.3 Å². The highest BCUT2D eigenvalue weighted by atomic mass is 79.9. The summed E-state index contributed by atoms with van der Waals surface area (Å²) >= 11 is 9.68. The highest BCUT2D eigenvalue weighted by Gasteiger charge is 2.11. The zero-order valence-corrected chi connectivity index (χ0v) is 10.7. The molecule has 0 saturated heterocycles. The monoisotopic (exact) mass is 285 g/mol. The number of benzene rings is 1. The van der Waals surface area contributed by atoms with Gasteiger partial charge in [-0.25, -0.2) is 0 Å². The van der Waals surface area contributed by atoms with Gasteiger partial charge in [0.05, 0.1) is 23.0 Å². The number of aryl methyl sites for hydroxylation is 1. The van der Waals surface area contributed by atoms with E-state index in [2.05, 4.69) is 20.9 Å². The predicted molar refractivity (Wildman–Crippen MR) is 65.7 cm³/mol. The predicted octanol–water partition coefficient (Wildman–Crippen LogP) is 3.97. The van der Waals surface area contributed by atoms with Crippen molar-refractivity contribution in [2.45, 2.75) is 6.92 Å². The van der Waals surface area contributed by atoms with E-state index in [9.17, 15) is 0 Å². The van der Waals surface area contributed by atoms with E-state index in [0.29, 0.717) is 5.02 Å². The van der Waals surface area contributed by atoms with E-state index in [1.807, 2.05) is 19.1 Å². The van der Waals surface area contributed by atoms with Crippen LogP contribution in [0.5, 0.6) is 5.75 Å². The molecule has 0 radical (unpaired) electrons. The molecule has 1 aromatic heterocycles. The lowest BCUT2D eigenvalue weighted by Crippen LogP contribution is -1.90. The highest BCUT2D eigenvalue weighted by Crippen LogP contribution is 2.36. The fraction of sp³-hybridized carbons (Fsp3) is 0.182. The molecule has 0 bridgehead atoms. The smallest absolute Gasteiger partial charge is 0.129 e. The van der Waals surface area contributed by atoms with E-state index in [-0.39, 0.29) is 0 Å². The maximum absolute atomic E-state index is 6.24. The summed E-state index contributed by atoms with van der Waals surface area (Å²) in [5, 5.41) is 1.55. The van der Waals surface area contributed by atoms with Gasteiger partial charge in [-0.3, -0.25) is 4.98 Å². The van der Waals surface area contributed by atoms with Crippen LogP contribution in [0.3, 0.4) is 0 Å². The van der Waals surface area contributed by atoms with Crippen molar-refractivity contribution in [2.75, 3.05) is 7.11 Å². The average molecular weight is 287 g/mol. The van der Waals surface area contributed by atoms with Gasteiger partial charge in [0.25, 0.3) is 0 Å². The van der Waals surface area contributed by atoms with Crippen molar-refractivity contribution >= 4 is 38.4 Å². The standard InChI is InChI=1S/C11H9BrClNO/c1-6-5-14-11-7(12)3-4-8(15-2)9(11)10(6)13/h3-5H,1-2H3. The molecule has 0 spiro atoms. The molecule has 0 amide bonds. The van der Waals surface area contributed by atoms with Crippen molar-refractivity contribution in [2.24, 2.45) is 0 Å². The number of halogens is 2. The number of pyridine rings is 1. The van der Waals surface area contributed by atoms with E-state index in [1.54, 1.807) is 13.3 Å². The lowest BCUT2D eigenvalue weighted by molar-refractivity contribution is 0.419. The molecule has 0 fully saturated rings. The second-order valence-electron chi connectivity index (χ2n) is 3.23. The Morgan fingerprint density at radius 2 is 2.13 bits per heavy atom. The first-order valence-electron chi connectivity index (χ1n) is 4.42. The van der Waals surface area contributed by atoms with Crippen molar-refractivity contribution in [3.63, 3.8) is 0 Å². The zero-order valence-electron chi connectivity index (χ0n) is 8.34. The molecule has 4 heteroatoms. The Balaban J connectivity index is 2.95. The molecule has 1 aromatic carbocycles. The van der Waals surface area contributed by atoms with Crippen LogP contribution in [-0.2, 0) is 0 Å². The molecule has 78 valence electrons. The third-order valence-corrected chi connectivity index (χ3v) is 3.39. The molecule has 0 aliphatic rings. The van der Waals surface area contributed by atoms with E-state index in [1.165, 1.54) is 0 Å². The minimum absolute atomic E-state index is 0.693. The molecule has 0 aliphatic heterocycles. The van der Waals surface area contributed by atoms with Gasteiger partial charge in [0.2, 0.25) is 0 Å². The third-order valence-electron chi connectivity index (χ3n) is 2.26. The number of rotatable bonds is 1. The van der Waals surface area contributed by atoms with Gasteiger partial charge >= 0.3 is 0 Å². The Morgan fingerprint density at radius 3 is 2.80 bits per heavy atom. The number of methoxy groups -OCH3 is 1. The maximum atomic E-state index is 6.24. The van der Waals surface area contributed by atoms with Gasteiger partial charge in [0, 0.05) is 10.7 Å². The maximum Gasteiger partial charge on any atom is 0.129 e. The SMILES string of the molecule is COc1ccc(Br)c2ncc(C)c(Cl)c12. The van der Waals surface area contributed by atoms with Gasteiger partial charge in [-0.05, 0) is 40.5 Å². The third kappa shape index (κ3) is 1.70. The second-order valence-corrected chi connectivity index (χ2v) is 4.46. The number of hydrogen-bond acceptors (Lipinski definition) is 2. The van der Waals surface area contributed by atoms with Crippen LogP contribution in [0.1, 0.15) is 5.56 Å². The van der Waals surface area contributed by atoms with Gasteiger partial charge in [0.15, 0.2) is 0 Å². The van der Waals surface area contributed by atoms with E-state index >= 15 is 0 Å². The summed E-state index contributed by atoms with van der Waals surface area (Å²) < 4.78 is 6.19. The topological polar surface area (TPSA) is 22.1 Å². The van der Waals surface area contributed by atoms with Gasteiger partial charge in [0.1, 0.15) is 5.75 Å². The average Bonchev–Trinajstić information content (AvgIpc) is 2.24. The molecule has 1 heterocycles. The highest BCUT2D eigenvalue weighted by molar-refractivity contribution is 9.10. The largest absolute Gasteiger partial charge is 0.496 e. The van der Waals surface area contributed by atoms with Gasteiger partial charge in [-0.15, -0.1) is 0 Å². The Hall–Kier alpha value is -0.800. The number of aromatic nitrogens is 1. The fourth-order valence-electron chi connectivity index (χ4n) is 1.47. The summed E-state index contributed by atoms with van der Waals surface area (Å²) in [6.45, 7) is 1.93. The van der Waals surface area contributed by atoms with E-state index in [0.717, 1.165) is 26.7 Å². The molecule has 0 aliphatic carbocycles. The lowest BCUT2D eigenvalue weighted by Gasteiger charge is -2.09. The molecule has 2 aromatic rings. The van der Waals surface area contributed by atoms with Gasteiger partial charge < -0.3 is 4.74 Å². The van der Waals surface area contributed by atoms with Crippen LogP contribution in [0.4, 0.5) is 0 Å². The minimum Gasteiger partial charge on any atom is -0.496 e. The summed E-state index contributed by atoms with van der Waals surface area (Å²) in [6.07, 6.45) is 1.76. The molecular weight excluding hydrogens is 277 g/mol. The van der Waals surface area contributed by atoms with Crippen molar-refractivity contribution < 1.29 is 4.74 Å². The van der Waals surface area contributed by atoms with Crippen molar-refractivity contribution in [1.29, 1.82) is 0 Å². The van der Waals surface area contributed by atoms with Crippen LogP contribution < -0.4 is 4.74 Å². The number of ether oxygens (including phenoxy) is 1. The van der Waals surface area contributed by atoms with Crippen LogP contribution in [-0.4, -0.2) is 12.1 Å². The fourth-order valence-corrected chi connectivity index (χ4v) is 2.14. The number of hydrogen-bond donors (Lipinski definition) is 0. The first-order valence-corrected chi connectivity index (χ1v) is 5.59. The first-order chi connectivity index (χ1) is 7.15. The van der Waals surface area contributed by atoms with Gasteiger partial charge in [-0.2, -0.15) is 0 Å². The van der Waals surface area contributed by atoms with Crippen LogP contribution in [0.25, 0.3) is 10.9 Å². The lowest BCUT2D eigenvalue weighted by atomic mass is 10.1. The van der Waals surface area contributed by atoms with Crippen LogP contribution in [0, 0.1) is 6.92 Å². The molecular formula is C11H9BrClNO. The molecule has 15 heavy (non-hydrogen) atoms. The Morgan fingerprint density at radius 1 is 1.40 bits per heavy atom. The number of nitrogens with zero attached hydrogens (tertiary/aromatic N) is 1. The van der Waals surface area contributed by atoms with Crippen LogP contribution >= 0.6 is 27.5 Å². The van der Waals surface area contributed by atoms with Crippen molar-refractivity contribution in [3.05, 3.63) is 33.4 Å². The number of fused-ring (bicyclic) bond motifs is 1. The van der Waals surface area contributed by atoms with Gasteiger partial charge in [-0.1, -0.05) is 11.6 Å². The van der Waals surface area contributed by atoms with Crippen LogP contribution in [0.15, 0.2) is 22.8 Å². The summed E-state index contributed by atoms with van der Waals surface area (Å²) in [5.74, 6) is 0.745. The van der Waals surface area contributed by atoms with Crippen molar-refractivity contribution in [3.8, 4) is 5.75 Å². The Kier molecular flexibility index (Phi) is 2.85. The molecule has 0 N–H and O–H groups in total. The Bertz CT molecular complexity index is 527. The molecule has 2 rings (SSSR count). The van der Waals surface area contributed by atoms with Crippen molar-refractivity contribution in [1.82, 2.24) is 4.98 Å². The summed E-state index contributed by atoms with van der Waals surface area (Å²) in [5.41, 5.74) is 1.77. The summed E-state index contributed by atoms with van der Waals surface area (Å²) in [7, 11) is 1.63. The molecule has 0 saturated carbocycles. The normalized spacial score (nSPS) is 10.7. The second kappa shape index (κ2) is 3.99. The molecule has 0 atom stereocenters. The molecule has 2 nitrogen and oxygen atoms in total. The van der Waals surface area contributed by atoms with E-state index < -0.39 is 0 Å². The quantitative estimate of drug-likeness (QED) is 0.791. The minimum atomic E-state index is 0.693. The molecule has 0 unspecified atom stereocenters. The van der Waals surface area contributed by atoms with Crippen LogP contribution in [0.2, 0.25) is 5.02 Å². The first kappa shape index (κ1) is 10.7. The Labute approximate surface area is 101 Å². The zero-order chi connectivity index (χ0) is 11.0. The summed E-state index contributed by atoms with van der Waals surface area (Å²) in [4.78, 5) is 4.34.